The van der Waals surface area contributed by atoms with E-state index < -0.39 is 0 Å². The first-order valence-corrected chi connectivity index (χ1v) is 9.82. The van der Waals surface area contributed by atoms with Crippen LogP contribution in [-0.4, -0.2) is 72.0 Å². The molecule has 0 spiro atoms. The molecule has 2 aliphatic rings. The number of nitrogens with zero attached hydrogens (tertiary/aromatic N) is 5. The smallest absolute Gasteiger partial charge is 0.191 e. The number of aliphatic imine (C=N–C) groups is 1. The van der Waals surface area contributed by atoms with Crippen molar-refractivity contribution in [3.8, 4) is 0 Å². The number of methoxy groups -OCH3 is 1. The van der Waals surface area contributed by atoms with Crippen molar-refractivity contribution >= 4 is 29.9 Å². The Labute approximate surface area is 179 Å². The van der Waals surface area contributed by atoms with E-state index >= 15 is 0 Å². The molecule has 0 aliphatic carbocycles. The number of aromatic nitrogens is 3. The van der Waals surface area contributed by atoms with Crippen molar-refractivity contribution in [2.45, 2.75) is 51.8 Å². The molecule has 0 radical (unpaired) electrons. The summed E-state index contributed by atoms with van der Waals surface area (Å²) >= 11 is 0. The molecule has 0 bridgehead atoms. The van der Waals surface area contributed by atoms with E-state index in [-0.39, 0.29) is 24.0 Å². The Morgan fingerprint density at radius 2 is 2.19 bits per heavy atom. The van der Waals surface area contributed by atoms with Gasteiger partial charge in [-0.05, 0) is 45.7 Å². The van der Waals surface area contributed by atoms with Crippen molar-refractivity contribution in [2.75, 3.05) is 40.3 Å². The summed E-state index contributed by atoms with van der Waals surface area (Å²) in [6, 6.07) is 0.325. The maximum absolute atomic E-state index is 5.14. The van der Waals surface area contributed by atoms with Gasteiger partial charge in [-0.2, -0.15) is 5.10 Å². The van der Waals surface area contributed by atoms with Crippen molar-refractivity contribution in [1.82, 2.24) is 30.3 Å². The van der Waals surface area contributed by atoms with Gasteiger partial charge >= 0.3 is 0 Å². The molecule has 3 rings (SSSR count). The standard InChI is InChI=1S/C18H33N7O.HI/c1-4-19-18(20-10-14-6-5-9-24(2)11-14)21-15-7-8-17-22-16(13-26-3)23-25(17)12-15;/h14-15H,4-13H2,1-3H3,(H2,19,20,21);1H. The highest BCUT2D eigenvalue weighted by atomic mass is 127. The first kappa shape index (κ1) is 22.4. The van der Waals surface area contributed by atoms with Gasteiger partial charge in [-0.15, -0.1) is 24.0 Å². The largest absolute Gasteiger partial charge is 0.377 e. The van der Waals surface area contributed by atoms with Crippen LogP contribution in [0.2, 0.25) is 0 Å². The lowest BCUT2D eigenvalue weighted by molar-refractivity contribution is 0.177. The molecule has 1 saturated heterocycles. The summed E-state index contributed by atoms with van der Waals surface area (Å²) in [6.07, 6.45) is 4.53. The van der Waals surface area contributed by atoms with E-state index in [0.717, 1.165) is 56.6 Å². The molecule has 1 aromatic heterocycles. The molecule has 0 amide bonds. The van der Waals surface area contributed by atoms with Crippen LogP contribution in [0, 0.1) is 5.92 Å². The molecule has 2 N–H and O–H groups in total. The molecule has 8 nitrogen and oxygen atoms in total. The Morgan fingerprint density at radius 1 is 1.33 bits per heavy atom. The number of piperidine rings is 1. The number of likely N-dealkylation sites (tertiary alicyclic amines) is 1. The Morgan fingerprint density at radius 3 is 2.93 bits per heavy atom. The zero-order chi connectivity index (χ0) is 18.4. The molecule has 2 unspecified atom stereocenters. The van der Waals surface area contributed by atoms with Gasteiger partial charge in [0.15, 0.2) is 11.8 Å². The number of hydrogen-bond donors (Lipinski definition) is 2. The minimum atomic E-state index is 0. The third-order valence-corrected chi connectivity index (χ3v) is 5.09. The van der Waals surface area contributed by atoms with Crippen LogP contribution in [0.1, 0.15) is 37.8 Å². The fourth-order valence-corrected chi connectivity index (χ4v) is 3.82. The Balaban J connectivity index is 0.00000261. The van der Waals surface area contributed by atoms with Crippen LogP contribution in [-0.2, 0) is 24.3 Å². The van der Waals surface area contributed by atoms with Gasteiger partial charge in [0.1, 0.15) is 12.4 Å². The molecule has 27 heavy (non-hydrogen) atoms. The summed E-state index contributed by atoms with van der Waals surface area (Å²) in [5.41, 5.74) is 0. The predicted octanol–water partition coefficient (Wildman–Crippen LogP) is 1.25. The molecular weight excluding hydrogens is 457 g/mol. The molecule has 2 aliphatic heterocycles. The monoisotopic (exact) mass is 491 g/mol. The van der Waals surface area contributed by atoms with Crippen molar-refractivity contribution < 1.29 is 4.74 Å². The number of nitrogens with one attached hydrogen (secondary N) is 2. The van der Waals surface area contributed by atoms with Gasteiger partial charge in [-0.25, -0.2) is 9.67 Å². The number of ether oxygens (including phenoxy) is 1. The predicted molar refractivity (Wildman–Crippen MR) is 118 cm³/mol. The van der Waals surface area contributed by atoms with E-state index in [1.165, 1.54) is 19.4 Å². The van der Waals surface area contributed by atoms with Crippen molar-refractivity contribution in [3.05, 3.63) is 11.6 Å². The van der Waals surface area contributed by atoms with Crippen LogP contribution in [0.15, 0.2) is 4.99 Å². The lowest BCUT2D eigenvalue weighted by Gasteiger charge is -2.29. The van der Waals surface area contributed by atoms with Gasteiger partial charge < -0.3 is 20.3 Å². The summed E-state index contributed by atoms with van der Waals surface area (Å²) in [6.45, 7) is 7.52. The number of halogens is 1. The van der Waals surface area contributed by atoms with E-state index in [1.54, 1.807) is 7.11 Å². The minimum absolute atomic E-state index is 0. The summed E-state index contributed by atoms with van der Waals surface area (Å²) in [5.74, 6) is 3.41. The Kier molecular flexibility index (Phi) is 9.24. The second-order valence-corrected chi connectivity index (χ2v) is 7.43. The summed E-state index contributed by atoms with van der Waals surface area (Å²) in [4.78, 5) is 11.8. The van der Waals surface area contributed by atoms with E-state index in [0.29, 0.717) is 18.6 Å². The quantitative estimate of drug-likeness (QED) is 0.355. The molecule has 9 heteroatoms. The van der Waals surface area contributed by atoms with Gasteiger partial charge in [-0.1, -0.05) is 0 Å². The lowest BCUT2D eigenvalue weighted by atomic mass is 9.99. The van der Waals surface area contributed by atoms with Crippen molar-refractivity contribution in [1.29, 1.82) is 0 Å². The number of rotatable bonds is 6. The molecule has 0 saturated carbocycles. The van der Waals surface area contributed by atoms with Crippen LogP contribution >= 0.6 is 24.0 Å². The molecular formula is C18H34IN7O. The fraction of sp³-hybridized carbons (Fsp3) is 0.833. The minimum Gasteiger partial charge on any atom is -0.377 e. The van der Waals surface area contributed by atoms with Crippen LogP contribution < -0.4 is 10.6 Å². The average Bonchev–Trinajstić information content (AvgIpc) is 3.02. The van der Waals surface area contributed by atoms with E-state index in [1.807, 2.05) is 4.68 Å². The Hall–Kier alpha value is -0.940. The van der Waals surface area contributed by atoms with Crippen LogP contribution in [0.5, 0.6) is 0 Å². The second kappa shape index (κ2) is 11.2. The van der Waals surface area contributed by atoms with E-state index in [9.17, 15) is 0 Å². The highest BCUT2D eigenvalue weighted by Gasteiger charge is 2.23. The maximum atomic E-state index is 5.14. The lowest BCUT2D eigenvalue weighted by Crippen LogP contribution is -2.47. The number of hydrogen-bond acceptors (Lipinski definition) is 5. The van der Waals surface area contributed by atoms with Crippen molar-refractivity contribution in [2.24, 2.45) is 10.9 Å². The summed E-state index contributed by atoms with van der Waals surface area (Å²) in [7, 11) is 3.88. The third kappa shape index (κ3) is 6.56. The normalized spacial score (nSPS) is 23.4. The number of guanidine groups is 1. The van der Waals surface area contributed by atoms with E-state index in [4.69, 9.17) is 9.73 Å². The van der Waals surface area contributed by atoms with Gasteiger partial charge in [0.2, 0.25) is 0 Å². The highest BCUT2D eigenvalue weighted by Crippen LogP contribution is 2.16. The van der Waals surface area contributed by atoms with Gasteiger partial charge in [0.25, 0.3) is 0 Å². The molecule has 154 valence electrons. The van der Waals surface area contributed by atoms with Crippen molar-refractivity contribution in [3.63, 3.8) is 0 Å². The zero-order valence-corrected chi connectivity index (χ0v) is 19.1. The molecule has 0 aromatic carbocycles. The van der Waals surface area contributed by atoms with E-state index in [2.05, 4.69) is 39.6 Å². The van der Waals surface area contributed by atoms with Gasteiger partial charge in [0.05, 0.1) is 6.54 Å². The summed E-state index contributed by atoms with van der Waals surface area (Å²) < 4.78 is 7.15. The number of aryl methyl sites for hydroxylation is 1. The molecule has 1 fully saturated rings. The first-order valence-electron chi connectivity index (χ1n) is 9.82. The zero-order valence-electron chi connectivity index (χ0n) is 16.8. The average molecular weight is 491 g/mol. The first-order chi connectivity index (χ1) is 12.7. The Bertz CT molecular complexity index is 607. The van der Waals surface area contributed by atoms with Gasteiger partial charge in [-0.3, -0.25) is 4.99 Å². The second-order valence-electron chi connectivity index (χ2n) is 7.43. The SMILES string of the molecule is CCNC(=NCC1CCCN(C)C1)NC1CCc2nc(COC)nn2C1.I. The third-order valence-electron chi connectivity index (χ3n) is 5.09. The number of fused-ring (bicyclic) bond motifs is 1. The highest BCUT2D eigenvalue weighted by molar-refractivity contribution is 14.0. The molecule has 1 aromatic rings. The maximum Gasteiger partial charge on any atom is 0.191 e. The fourth-order valence-electron chi connectivity index (χ4n) is 3.82. The molecule has 3 heterocycles. The van der Waals surface area contributed by atoms with Gasteiger partial charge in [0, 0.05) is 39.2 Å². The van der Waals surface area contributed by atoms with Crippen LogP contribution in [0.25, 0.3) is 0 Å². The summed E-state index contributed by atoms with van der Waals surface area (Å²) in [5, 5.41) is 11.5. The van der Waals surface area contributed by atoms with Crippen LogP contribution in [0.4, 0.5) is 0 Å². The topological polar surface area (TPSA) is 79.6 Å². The molecule has 2 atom stereocenters. The van der Waals surface area contributed by atoms with Crippen LogP contribution in [0.3, 0.4) is 0 Å².